The fraction of sp³-hybridized carbons (Fsp3) is 0.273. The number of amides is 1. The highest BCUT2D eigenvalue weighted by molar-refractivity contribution is 7.14. The molecule has 0 bridgehead atoms. The highest BCUT2D eigenvalue weighted by Crippen LogP contribution is 2.33. The molecule has 0 saturated carbocycles. The number of carbonyl (C=O) groups excluding carboxylic acids is 1. The molecule has 28 heavy (non-hydrogen) atoms. The highest BCUT2D eigenvalue weighted by Gasteiger charge is 2.12. The Hall–Kier alpha value is -2.86. The monoisotopic (exact) mass is 396 g/mol. The largest absolute Gasteiger partial charge is 0.497 e. The lowest BCUT2D eigenvalue weighted by Crippen LogP contribution is -2.11. The third kappa shape index (κ3) is 5.10. The van der Waals surface area contributed by atoms with E-state index in [-0.39, 0.29) is 5.91 Å². The van der Waals surface area contributed by atoms with Crippen molar-refractivity contribution in [3.8, 4) is 22.8 Å². The van der Waals surface area contributed by atoms with Gasteiger partial charge in [0, 0.05) is 17.4 Å². The van der Waals surface area contributed by atoms with Crippen LogP contribution in [0.3, 0.4) is 0 Å². The maximum Gasteiger partial charge on any atom is 0.226 e. The maximum atomic E-state index is 12.2. The summed E-state index contributed by atoms with van der Waals surface area (Å²) in [6.07, 6.45) is 2.08. The zero-order valence-electron chi connectivity index (χ0n) is 16.3. The number of benzene rings is 2. The third-order valence-corrected chi connectivity index (χ3v) is 5.17. The van der Waals surface area contributed by atoms with E-state index in [4.69, 9.17) is 9.47 Å². The number of aromatic nitrogens is 1. The molecule has 2 aromatic carbocycles. The molecule has 3 rings (SSSR count). The lowest BCUT2D eigenvalue weighted by atomic mass is 10.1. The van der Waals surface area contributed by atoms with Gasteiger partial charge in [-0.25, -0.2) is 4.98 Å². The lowest BCUT2D eigenvalue weighted by Gasteiger charge is -2.07. The van der Waals surface area contributed by atoms with Crippen molar-refractivity contribution in [1.29, 1.82) is 0 Å². The van der Waals surface area contributed by atoms with Crippen LogP contribution in [0, 0.1) is 6.92 Å². The minimum atomic E-state index is -0.0226. The van der Waals surface area contributed by atoms with E-state index in [1.807, 2.05) is 54.8 Å². The fourth-order valence-electron chi connectivity index (χ4n) is 2.90. The van der Waals surface area contributed by atoms with Gasteiger partial charge < -0.3 is 14.8 Å². The van der Waals surface area contributed by atoms with E-state index in [2.05, 4.69) is 10.3 Å². The molecule has 0 fully saturated rings. The van der Waals surface area contributed by atoms with Gasteiger partial charge in [0.2, 0.25) is 5.91 Å². The average molecular weight is 397 g/mol. The van der Waals surface area contributed by atoms with Crippen LogP contribution in [-0.2, 0) is 11.2 Å². The SMILES string of the molecule is COc1ccc(CCCC(=O)Nc2nc(-c3cc(C)ccc3OC)cs2)cc1. The van der Waals surface area contributed by atoms with Crippen molar-refractivity contribution >= 4 is 22.4 Å². The Morgan fingerprint density at radius 3 is 2.61 bits per heavy atom. The number of anilines is 1. The summed E-state index contributed by atoms with van der Waals surface area (Å²) in [5, 5.41) is 5.44. The van der Waals surface area contributed by atoms with Crippen molar-refractivity contribution < 1.29 is 14.3 Å². The first-order valence-corrected chi connectivity index (χ1v) is 10.0. The van der Waals surface area contributed by atoms with E-state index < -0.39 is 0 Å². The number of aryl methyl sites for hydroxylation is 2. The molecule has 1 amide bonds. The minimum absolute atomic E-state index is 0.0226. The van der Waals surface area contributed by atoms with Gasteiger partial charge in [0.25, 0.3) is 0 Å². The lowest BCUT2D eigenvalue weighted by molar-refractivity contribution is -0.116. The van der Waals surface area contributed by atoms with Crippen molar-refractivity contribution in [2.75, 3.05) is 19.5 Å². The summed E-state index contributed by atoms with van der Waals surface area (Å²) in [6.45, 7) is 2.03. The molecule has 0 radical (unpaired) electrons. The van der Waals surface area contributed by atoms with E-state index in [9.17, 15) is 4.79 Å². The number of nitrogens with zero attached hydrogens (tertiary/aromatic N) is 1. The smallest absolute Gasteiger partial charge is 0.226 e. The number of hydrogen-bond acceptors (Lipinski definition) is 5. The summed E-state index contributed by atoms with van der Waals surface area (Å²) >= 11 is 1.42. The zero-order chi connectivity index (χ0) is 19.9. The summed E-state index contributed by atoms with van der Waals surface area (Å²) < 4.78 is 10.6. The highest BCUT2D eigenvalue weighted by atomic mass is 32.1. The Morgan fingerprint density at radius 1 is 1.11 bits per heavy atom. The molecule has 1 aromatic heterocycles. The van der Waals surface area contributed by atoms with Gasteiger partial charge in [-0.3, -0.25) is 4.79 Å². The summed E-state index contributed by atoms with van der Waals surface area (Å²) in [5.41, 5.74) is 4.06. The second-order valence-electron chi connectivity index (χ2n) is 6.49. The zero-order valence-corrected chi connectivity index (χ0v) is 17.1. The molecular formula is C22H24N2O3S. The van der Waals surface area contributed by atoms with E-state index in [1.165, 1.54) is 16.9 Å². The molecule has 0 spiro atoms. The number of hydrogen-bond donors (Lipinski definition) is 1. The Labute approximate surface area is 169 Å². The Morgan fingerprint density at radius 2 is 1.89 bits per heavy atom. The second-order valence-corrected chi connectivity index (χ2v) is 7.35. The first-order chi connectivity index (χ1) is 13.6. The van der Waals surface area contributed by atoms with Crippen molar-refractivity contribution in [1.82, 2.24) is 4.98 Å². The van der Waals surface area contributed by atoms with Crippen LogP contribution in [-0.4, -0.2) is 25.1 Å². The van der Waals surface area contributed by atoms with Gasteiger partial charge in [-0.1, -0.05) is 23.8 Å². The van der Waals surface area contributed by atoms with Crippen molar-refractivity contribution in [3.05, 3.63) is 59.0 Å². The van der Waals surface area contributed by atoms with E-state index >= 15 is 0 Å². The van der Waals surface area contributed by atoms with Crippen LogP contribution in [0.15, 0.2) is 47.8 Å². The van der Waals surface area contributed by atoms with Gasteiger partial charge in [-0.15, -0.1) is 11.3 Å². The number of carbonyl (C=O) groups is 1. The molecule has 1 heterocycles. The molecule has 1 N–H and O–H groups in total. The summed E-state index contributed by atoms with van der Waals surface area (Å²) in [5.74, 6) is 1.59. The number of nitrogens with one attached hydrogen (secondary N) is 1. The second kappa shape index (κ2) is 9.37. The van der Waals surface area contributed by atoms with Crippen molar-refractivity contribution in [3.63, 3.8) is 0 Å². The van der Waals surface area contributed by atoms with E-state index in [0.29, 0.717) is 11.6 Å². The quantitative estimate of drug-likeness (QED) is 0.576. The van der Waals surface area contributed by atoms with Crippen molar-refractivity contribution in [2.45, 2.75) is 26.2 Å². The molecule has 0 unspecified atom stereocenters. The van der Waals surface area contributed by atoms with Gasteiger partial charge in [0.15, 0.2) is 5.13 Å². The molecule has 0 aliphatic carbocycles. The number of ether oxygens (including phenoxy) is 2. The molecule has 0 atom stereocenters. The Balaban J connectivity index is 1.54. The maximum absolute atomic E-state index is 12.2. The first-order valence-electron chi connectivity index (χ1n) is 9.12. The molecule has 3 aromatic rings. The molecule has 5 nitrogen and oxygen atoms in total. The van der Waals surface area contributed by atoms with Crippen LogP contribution in [0.5, 0.6) is 11.5 Å². The fourth-order valence-corrected chi connectivity index (χ4v) is 3.63. The van der Waals surface area contributed by atoms with E-state index in [0.717, 1.165) is 41.2 Å². The van der Waals surface area contributed by atoms with E-state index in [1.54, 1.807) is 14.2 Å². The normalized spacial score (nSPS) is 10.5. The van der Waals surface area contributed by atoms with Crippen LogP contribution in [0.1, 0.15) is 24.0 Å². The molecule has 146 valence electrons. The number of methoxy groups -OCH3 is 2. The predicted octanol–water partition coefficient (Wildman–Crippen LogP) is 5.10. The molecule has 0 saturated heterocycles. The van der Waals surface area contributed by atoms with Crippen LogP contribution < -0.4 is 14.8 Å². The summed E-state index contributed by atoms with van der Waals surface area (Å²) in [6, 6.07) is 13.9. The Bertz CT molecular complexity index is 935. The van der Waals surface area contributed by atoms with Crippen LogP contribution in [0.25, 0.3) is 11.3 Å². The van der Waals surface area contributed by atoms with Gasteiger partial charge in [-0.2, -0.15) is 0 Å². The van der Waals surface area contributed by atoms with Crippen LogP contribution >= 0.6 is 11.3 Å². The number of rotatable bonds is 8. The molecular weight excluding hydrogens is 372 g/mol. The molecule has 6 heteroatoms. The van der Waals surface area contributed by atoms with Crippen LogP contribution in [0.4, 0.5) is 5.13 Å². The van der Waals surface area contributed by atoms with Crippen LogP contribution in [0.2, 0.25) is 0 Å². The predicted molar refractivity (Wildman–Crippen MR) is 113 cm³/mol. The average Bonchev–Trinajstić information content (AvgIpc) is 3.16. The van der Waals surface area contributed by atoms with Gasteiger partial charge in [-0.05, 0) is 49.6 Å². The molecule has 0 aliphatic heterocycles. The summed E-state index contributed by atoms with van der Waals surface area (Å²) in [7, 11) is 3.30. The van der Waals surface area contributed by atoms with Gasteiger partial charge in [0.05, 0.1) is 19.9 Å². The molecule has 0 aliphatic rings. The topological polar surface area (TPSA) is 60.5 Å². The van der Waals surface area contributed by atoms with Gasteiger partial charge >= 0.3 is 0 Å². The minimum Gasteiger partial charge on any atom is -0.497 e. The summed E-state index contributed by atoms with van der Waals surface area (Å²) in [4.78, 5) is 16.8. The third-order valence-electron chi connectivity index (χ3n) is 4.41. The Kier molecular flexibility index (Phi) is 6.66. The van der Waals surface area contributed by atoms with Crippen molar-refractivity contribution in [2.24, 2.45) is 0 Å². The first kappa shape index (κ1) is 19.9. The standard InChI is InChI=1S/C22H24N2O3S/c1-15-7-12-20(27-3)18(13-15)19-14-28-22(23-19)24-21(25)6-4-5-16-8-10-17(26-2)11-9-16/h7-14H,4-6H2,1-3H3,(H,23,24,25). The number of thiazole rings is 1. The van der Waals surface area contributed by atoms with Gasteiger partial charge in [0.1, 0.15) is 11.5 Å².